The molecule has 1 aliphatic heterocycles. The van der Waals surface area contributed by atoms with Gasteiger partial charge in [0.2, 0.25) is 5.91 Å². The van der Waals surface area contributed by atoms with Crippen LogP contribution in [0.1, 0.15) is 24.3 Å². The van der Waals surface area contributed by atoms with Crippen molar-refractivity contribution in [2.24, 2.45) is 5.92 Å². The Hall–Kier alpha value is -2.74. The highest BCUT2D eigenvalue weighted by atomic mass is 16.2. The van der Waals surface area contributed by atoms with Crippen molar-refractivity contribution in [1.29, 1.82) is 0 Å². The van der Waals surface area contributed by atoms with Gasteiger partial charge < -0.3 is 10.2 Å². The van der Waals surface area contributed by atoms with Crippen LogP contribution in [0.2, 0.25) is 0 Å². The third-order valence-electron chi connectivity index (χ3n) is 4.91. The molecule has 0 radical (unpaired) electrons. The minimum atomic E-state index is -0.173. The fraction of sp³-hybridized carbons (Fsp3) is 0.500. The van der Waals surface area contributed by atoms with Gasteiger partial charge in [0.05, 0.1) is 11.9 Å². The quantitative estimate of drug-likeness (QED) is 0.813. The third kappa shape index (κ3) is 4.22. The van der Waals surface area contributed by atoms with Crippen LogP contribution in [0.4, 0.5) is 0 Å². The van der Waals surface area contributed by atoms with Gasteiger partial charge in [-0.2, -0.15) is 5.10 Å². The second-order valence-corrected chi connectivity index (χ2v) is 7.52. The van der Waals surface area contributed by atoms with Gasteiger partial charge in [0.15, 0.2) is 5.69 Å². The Morgan fingerprint density at radius 1 is 1.11 bits per heavy atom. The zero-order chi connectivity index (χ0) is 20.3. The fourth-order valence-electron chi connectivity index (χ4n) is 3.40. The van der Waals surface area contributed by atoms with Crippen LogP contribution in [0.25, 0.3) is 10.8 Å². The van der Waals surface area contributed by atoms with Gasteiger partial charge in [-0.3, -0.25) is 19.3 Å². The largest absolute Gasteiger partial charge is 0.358 e. The maximum Gasteiger partial charge on any atom is 0.275 e. The number of fused-ring (bicyclic) bond motifs is 1. The molecule has 28 heavy (non-hydrogen) atoms. The van der Waals surface area contributed by atoms with Crippen LogP contribution in [0.5, 0.6) is 0 Å². The molecule has 8 nitrogen and oxygen atoms in total. The summed E-state index contributed by atoms with van der Waals surface area (Å²) in [5, 5.41) is 8.15. The molecule has 2 amide bonds. The summed E-state index contributed by atoms with van der Waals surface area (Å²) in [5.41, 5.74) is 0.145. The predicted molar refractivity (Wildman–Crippen MR) is 107 cm³/mol. The second kappa shape index (κ2) is 8.52. The van der Waals surface area contributed by atoms with Crippen LogP contribution in [0, 0.1) is 5.92 Å². The molecule has 1 aromatic heterocycles. The molecule has 1 fully saturated rings. The first-order valence-electron chi connectivity index (χ1n) is 9.62. The predicted octanol–water partition coefficient (Wildman–Crippen LogP) is 0.556. The first kappa shape index (κ1) is 20.0. The summed E-state index contributed by atoms with van der Waals surface area (Å²) in [4.78, 5) is 41.2. The zero-order valence-electron chi connectivity index (χ0n) is 16.6. The number of hydrogen-bond donors (Lipinski definition) is 1. The molecule has 1 aromatic carbocycles. The summed E-state index contributed by atoms with van der Waals surface area (Å²) in [6, 6.07) is 7.14. The molecule has 2 heterocycles. The van der Waals surface area contributed by atoms with E-state index in [0.29, 0.717) is 55.7 Å². The molecule has 0 bridgehead atoms. The number of carbonyl (C=O) groups is 2. The highest BCUT2D eigenvalue weighted by molar-refractivity contribution is 6.04. The first-order chi connectivity index (χ1) is 13.4. The average Bonchev–Trinajstić information content (AvgIpc) is 2.70. The smallest absolute Gasteiger partial charge is 0.275 e. The normalized spacial score (nSPS) is 15.2. The van der Waals surface area contributed by atoms with E-state index in [0.717, 1.165) is 0 Å². The lowest BCUT2D eigenvalue weighted by atomic mass is 10.1. The number of carbonyl (C=O) groups excluding carboxylic acids is 2. The number of nitrogens with zero attached hydrogens (tertiary/aromatic N) is 4. The minimum absolute atomic E-state index is 0.0341. The Morgan fingerprint density at radius 3 is 2.36 bits per heavy atom. The fourth-order valence-corrected chi connectivity index (χ4v) is 3.40. The summed E-state index contributed by atoms with van der Waals surface area (Å²) >= 11 is 0. The molecular weight excluding hydrogens is 358 g/mol. The standard InChI is InChI=1S/C20H27N5O3/c1-14(2)12-25-19(27)16-7-5-4-6-15(16)18(22-25)20(28)24-10-8-23(9-11-24)13-17(26)21-3/h4-7,14H,8-13H2,1-3H3,(H,21,26). The Kier molecular flexibility index (Phi) is 6.08. The topological polar surface area (TPSA) is 87.5 Å². The molecule has 1 saturated heterocycles. The Bertz CT molecular complexity index is 929. The molecular formula is C20H27N5O3. The summed E-state index contributed by atoms with van der Waals surface area (Å²) in [5.74, 6) is 0.0315. The SMILES string of the molecule is CNC(=O)CN1CCN(C(=O)c2nn(CC(C)C)c(=O)c3ccccc23)CC1. The van der Waals surface area contributed by atoms with Crippen LogP contribution >= 0.6 is 0 Å². The molecule has 1 aliphatic rings. The highest BCUT2D eigenvalue weighted by Crippen LogP contribution is 2.17. The van der Waals surface area contributed by atoms with Gasteiger partial charge >= 0.3 is 0 Å². The van der Waals surface area contributed by atoms with E-state index in [-0.39, 0.29) is 23.3 Å². The maximum absolute atomic E-state index is 13.2. The van der Waals surface area contributed by atoms with Crippen molar-refractivity contribution in [3.8, 4) is 0 Å². The first-order valence-corrected chi connectivity index (χ1v) is 9.62. The van der Waals surface area contributed by atoms with Crippen molar-refractivity contribution in [3.05, 3.63) is 40.3 Å². The van der Waals surface area contributed by atoms with E-state index >= 15 is 0 Å². The van der Waals surface area contributed by atoms with Gasteiger partial charge in [-0.25, -0.2) is 4.68 Å². The molecule has 0 unspecified atom stereocenters. The van der Waals surface area contributed by atoms with E-state index in [2.05, 4.69) is 10.4 Å². The van der Waals surface area contributed by atoms with Gasteiger partial charge in [0.25, 0.3) is 11.5 Å². The Balaban J connectivity index is 1.87. The van der Waals surface area contributed by atoms with Crippen molar-refractivity contribution < 1.29 is 9.59 Å². The monoisotopic (exact) mass is 385 g/mol. The third-order valence-corrected chi connectivity index (χ3v) is 4.91. The Morgan fingerprint density at radius 2 is 1.75 bits per heavy atom. The van der Waals surface area contributed by atoms with E-state index in [4.69, 9.17) is 0 Å². The number of nitrogens with one attached hydrogen (secondary N) is 1. The van der Waals surface area contributed by atoms with E-state index < -0.39 is 0 Å². The van der Waals surface area contributed by atoms with Crippen molar-refractivity contribution in [3.63, 3.8) is 0 Å². The number of amides is 2. The van der Waals surface area contributed by atoms with E-state index in [1.54, 1.807) is 30.1 Å². The van der Waals surface area contributed by atoms with Gasteiger partial charge in [0.1, 0.15) is 0 Å². The molecule has 0 spiro atoms. The molecule has 150 valence electrons. The summed E-state index contributed by atoms with van der Waals surface area (Å²) in [7, 11) is 1.62. The molecule has 3 rings (SSSR count). The molecule has 2 aromatic rings. The van der Waals surface area contributed by atoms with Crippen LogP contribution in [-0.4, -0.2) is 71.2 Å². The van der Waals surface area contributed by atoms with Gasteiger partial charge in [-0.1, -0.05) is 32.0 Å². The maximum atomic E-state index is 13.2. The number of benzene rings is 1. The van der Waals surface area contributed by atoms with Crippen LogP contribution in [-0.2, 0) is 11.3 Å². The number of aromatic nitrogens is 2. The molecule has 0 atom stereocenters. The molecule has 8 heteroatoms. The number of hydrogen-bond acceptors (Lipinski definition) is 5. The van der Waals surface area contributed by atoms with E-state index in [9.17, 15) is 14.4 Å². The summed E-state index contributed by atoms with van der Waals surface area (Å²) in [6.07, 6.45) is 0. The zero-order valence-corrected chi connectivity index (χ0v) is 16.6. The number of piperazine rings is 1. The molecule has 0 saturated carbocycles. The van der Waals surface area contributed by atoms with Gasteiger partial charge in [0, 0.05) is 45.2 Å². The van der Waals surface area contributed by atoms with Crippen LogP contribution < -0.4 is 10.9 Å². The summed E-state index contributed by atoms with van der Waals surface area (Å²) < 4.78 is 1.40. The lowest BCUT2D eigenvalue weighted by Crippen LogP contribution is -2.51. The van der Waals surface area contributed by atoms with Crippen molar-refractivity contribution >= 4 is 22.6 Å². The average molecular weight is 385 g/mol. The minimum Gasteiger partial charge on any atom is -0.358 e. The van der Waals surface area contributed by atoms with Crippen molar-refractivity contribution in [2.45, 2.75) is 20.4 Å². The van der Waals surface area contributed by atoms with Gasteiger partial charge in [-0.05, 0) is 12.0 Å². The number of rotatable bonds is 5. The highest BCUT2D eigenvalue weighted by Gasteiger charge is 2.26. The van der Waals surface area contributed by atoms with E-state index in [1.165, 1.54) is 4.68 Å². The Labute approximate surface area is 164 Å². The molecule has 1 N–H and O–H groups in total. The van der Waals surface area contributed by atoms with Crippen molar-refractivity contribution in [2.75, 3.05) is 39.8 Å². The lowest BCUT2D eigenvalue weighted by Gasteiger charge is -2.34. The van der Waals surface area contributed by atoms with Crippen LogP contribution in [0.3, 0.4) is 0 Å². The van der Waals surface area contributed by atoms with Gasteiger partial charge in [-0.15, -0.1) is 0 Å². The number of likely N-dealkylation sites (N-methyl/N-ethyl adjacent to an activating group) is 1. The van der Waals surface area contributed by atoms with Crippen molar-refractivity contribution in [1.82, 2.24) is 24.9 Å². The van der Waals surface area contributed by atoms with Crippen LogP contribution in [0.15, 0.2) is 29.1 Å². The second-order valence-electron chi connectivity index (χ2n) is 7.52. The molecule has 0 aliphatic carbocycles. The summed E-state index contributed by atoms with van der Waals surface area (Å²) in [6.45, 7) is 7.12. The van der Waals surface area contributed by atoms with E-state index in [1.807, 2.05) is 24.8 Å². The lowest BCUT2D eigenvalue weighted by molar-refractivity contribution is -0.122.